The highest BCUT2D eigenvalue weighted by molar-refractivity contribution is 7.89. The molecule has 0 radical (unpaired) electrons. The van der Waals surface area contributed by atoms with E-state index in [0.29, 0.717) is 18.7 Å². The lowest BCUT2D eigenvalue weighted by Gasteiger charge is -2.26. The Balaban J connectivity index is 2.33. The summed E-state index contributed by atoms with van der Waals surface area (Å²) in [5, 5.41) is 8.43. The normalized spacial score (nSPS) is 16.0. The highest BCUT2D eigenvalue weighted by Gasteiger charge is 2.28. The molecule has 0 N–H and O–H groups in total. The van der Waals surface area contributed by atoms with Gasteiger partial charge in [0.05, 0.1) is 10.5 Å². The topological polar surface area (TPSA) is 87.5 Å². The van der Waals surface area contributed by atoms with Crippen LogP contribution in [0.5, 0.6) is 0 Å². The zero-order valence-electron chi connectivity index (χ0n) is 12.4. The first-order chi connectivity index (χ1) is 10.5. The van der Waals surface area contributed by atoms with Crippen LogP contribution in [0.1, 0.15) is 35.2 Å². The maximum absolute atomic E-state index is 12.7. The molecule has 0 amide bonds. The first kappa shape index (κ1) is 16.5. The Labute approximate surface area is 130 Å². The van der Waals surface area contributed by atoms with E-state index in [2.05, 4.69) is 0 Å². The maximum atomic E-state index is 12.7. The van der Waals surface area contributed by atoms with Crippen LogP contribution in [0.2, 0.25) is 0 Å². The molecule has 0 atom stereocenters. The third-order valence-corrected chi connectivity index (χ3v) is 5.67. The molecule has 1 aromatic rings. The molecule has 22 heavy (non-hydrogen) atoms. The van der Waals surface area contributed by atoms with Crippen molar-refractivity contribution in [2.24, 2.45) is 0 Å². The summed E-state index contributed by atoms with van der Waals surface area (Å²) in [6.45, 7) is 2.35. The number of nitrogens with zero attached hydrogens (tertiary/aromatic N) is 2. The first-order valence-electron chi connectivity index (χ1n) is 7.11. The van der Waals surface area contributed by atoms with Crippen molar-refractivity contribution in [2.45, 2.75) is 31.1 Å². The molecule has 1 heterocycles. The van der Waals surface area contributed by atoms with E-state index < -0.39 is 16.0 Å². The van der Waals surface area contributed by atoms with Crippen LogP contribution < -0.4 is 0 Å². The Hall–Kier alpha value is -1.91. The number of carbonyl (C=O) groups excluding carboxylic acids is 1. The predicted molar refractivity (Wildman–Crippen MR) is 79.7 cm³/mol. The highest BCUT2D eigenvalue weighted by Crippen LogP contribution is 2.24. The molecule has 7 heteroatoms. The molecule has 1 aliphatic rings. The fourth-order valence-corrected chi connectivity index (χ4v) is 4.20. The van der Waals surface area contributed by atoms with E-state index in [1.165, 1.54) is 16.4 Å². The number of carbonyl (C=O) groups is 1. The highest BCUT2D eigenvalue weighted by atomic mass is 32.2. The standard InChI is InChI=1S/C15H18N2O4S/c1-12-5-6-13(15(18)21-10-7-16)11-14(12)22(19,20)17-8-3-2-4-9-17/h5-6,11H,2-4,8-10H2,1H3. The van der Waals surface area contributed by atoms with Crippen molar-refractivity contribution in [3.05, 3.63) is 29.3 Å². The third kappa shape index (κ3) is 3.46. The Kier molecular flexibility index (Phi) is 5.16. The molecule has 6 nitrogen and oxygen atoms in total. The zero-order valence-corrected chi connectivity index (χ0v) is 13.2. The van der Waals surface area contributed by atoms with E-state index in [4.69, 9.17) is 10.00 Å². The molecule has 2 rings (SSSR count). The molecule has 0 spiro atoms. The number of nitriles is 1. The van der Waals surface area contributed by atoms with Crippen molar-refractivity contribution in [3.8, 4) is 6.07 Å². The molecular formula is C15H18N2O4S. The van der Waals surface area contributed by atoms with Crippen LogP contribution in [-0.4, -0.2) is 38.4 Å². The summed E-state index contributed by atoms with van der Waals surface area (Å²) < 4.78 is 31.6. The zero-order chi connectivity index (χ0) is 16.2. The van der Waals surface area contributed by atoms with Gasteiger partial charge in [0.2, 0.25) is 10.0 Å². The number of hydrogen-bond donors (Lipinski definition) is 0. The molecular weight excluding hydrogens is 304 g/mol. The van der Waals surface area contributed by atoms with Crippen molar-refractivity contribution in [2.75, 3.05) is 19.7 Å². The van der Waals surface area contributed by atoms with Crippen molar-refractivity contribution < 1.29 is 17.9 Å². The van der Waals surface area contributed by atoms with Crippen molar-refractivity contribution in [1.29, 1.82) is 5.26 Å². The largest absolute Gasteiger partial charge is 0.447 e. The maximum Gasteiger partial charge on any atom is 0.339 e. The average Bonchev–Trinajstić information content (AvgIpc) is 2.53. The van der Waals surface area contributed by atoms with Gasteiger partial charge in [0.15, 0.2) is 6.61 Å². The second kappa shape index (κ2) is 6.90. The van der Waals surface area contributed by atoms with Crippen LogP contribution in [0.25, 0.3) is 0 Å². The summed E-state index contributed by atoms with van der Waals surface area (Å²) in [7, 11) is -3.61. The fourth-order valence-electron chi connectivity index (χ4n) is 2.43. The average molecular weight is 322 g/mol. The summed E-state index contributed by atoms with van der Waals surface area (Å²) in [5.74, 6) is -0.698. The number of esters is 1. The molecule has 1 fully saturated rings. The minimum Gasteiger partial charge on any atom is -0.447 e. The Morgan fingerprint density at radius 1 is 1.32 bits per heavy atom. The van der Waals surface area contributed by atoms with Crippen LogP contribution in [0.15, 0.2) is 23.1 Å². The van der Waals surface area contributed by atoms with Crippen molar-refractivity contribution >= 4 is 16.0 Å². The SMILES string of the molecule is Cc1ccc(C(=O)OCC#N)cc1S(=O)(=O)N1CCCCC1. The van der Waals surface area contributed by atoms with Gasteiger partial charge in [0, 0.05) is 13.1 Å². The quantitative estimate of drug-likeness (QED) is 0.789. The molecule has 1 saturated heterocycles. The summed E-state index contributed by atoms with van der Waals surface area (Å²) in [6.07, 6.45) is 2.73. The number of ether oxygens (including phenoxy) is 1. The van der Waals surface area contributed by atoms with Crippen molar-refractivity contribution in [3.63, 3.8) is 0 Å². The van der Waals surface area contributed by atoms with Gasteiger partial charge in [-0.1, -0.05) is 12.5 Å². The van der Waals surface area contributed by atoms with Gasteiger partial charge in [-0.15, -0.1) is 0 Å². The van der Waals surface area contributed by atoms with Gasteiger partial charge in [-0.2, -0.15) is 9.57 Å². The molecule has 0 aliphatic carbocycles. The molecule has 0 unspecified atom stereocenters. The summed E-state index contributed by atoms with van der Waals surface area (Å²) >= 11 is 0. The Morgan fingerprint density at radius 3 is 2.64 bits per heavy atom. The lowest BCUT2D eigenvalue weighted by Crippen LogP contribution is -2.36. The summed E-state index contributed by atoms with van der Waals surface area (Å²) in [6, 6.07) is 6.13. The summed E-state index contributed by atoms with van der Waals surface area (Å²) in [5.41, 5.74) is 0.721. The van der Waals surface area contributed by atoms with Crippen LogP contribution in [0.3, 0.4) is 0 Å². The van der Waals surface area contributed by atoms with E-state index in [1.807, 2.05) is 0 Å². The predicted octanol–water partition coefficient (Wildman–Crippen LogP) is 1.85. The number of rotatable bonds is 4. The Morgan fingerprint density at radius 2 is 2.00 bits per heavy atom. The molecule has 118 valence electrons. The van der Waals surface area contributed by atoms with Crippen LogP contribution in [0, 0.1) is 18.3 Å². The molecule has 0 saturated carbocycles. The van der Waals surface area contributed by atoms with Crippen LogP contribution in [-0.2, 0) is 14.8 Å². The number of hydrogen-bond acceptors (Lipinski definition) is 5. The van der Waals surface area contributed by atoms with E-state index in [-0.39, 0.29) is 17.1 Å². The van der Waals surface area contributed by atoms with Crippen LogP contribution >= 0.6 is 0 Å². The van der Waals surface area contributed by atoms with Gasteiger partial charge in [-0.25, -0.2) is 13.2 Å². The summed E-state index contributed by atoms with van der Waals surface area (Å²) in [4.78, 5) is 11.9. The number of aryl methyl sites for hydroxylation is 1. The fraction of sp³-hybridized carbons (Fsp3) is 0.467. The lowest BCUT2D eigenvalue weighted by atomic mass is 10.1. The molecule has 0 aromatic heterocycles. The van der Waals surface area contributed by atoms with Gasteiger partial charge in [0.1, 0.15) is 6.07 Å². The second-order valence-corrected chi connectivity index (χ2v) is 7.09. The number of benzene rings is 1. The van der Waals surface area contributed by atoms with Crippen LogP contribution in [0.4, 0.5) is 0 Å². The van der Waals surface area contributed by atoms with E-state index in [1.54, 1.807) is 19.1 Å². The molecule has 1 aromatic carbocycles. The van der Waals surface area contributed by atoms with E-state index >= 15 is 0 Å². The first-order valence-corrected chi connectivity index (χ1v) is 8.55. The minimum absolute atomic E-state index is 0.126. The van der Waals surface area contributed by atoms with Gasteiger partial charge in [0.25, 0.3) is 0 Å². The van der Waals surface area contributed by atoms with E-state index in [9.17, 15) is 13.2 Å². The van der Waals surface area contributed by atoms with Gasteiger partial charge < -0.3 is 4.74 Å². The van der Waals surface area contributed by atoms with Gasteiger partial charge in [-0.3, -0.25) is 0 Å². The monoisotopic (exact) mass is 322 g/mol. The number of piperidine rings is 1. The molecule has 0 bridgehead atoms. The van der Waals surface area contributed by atoms with Gasteiger partial charge in [-0.05, 0) is 37.5 Å². The van der Waals surface area contributed by atoms with Gasteiger partial charge >= 0.3 is 5.97 Å². The lowest BCUT2D eigenvalue weighted by molar-refractivity contribution is 0.0554. The number of sulfonamides is 1. The molecule has 1 aliphatic heterocycles. The minimum atomic E-state index is -3.61. The second-order valence-electron chi connectivity index (χ2n) is 5.18. The Bertz CT molecular complexity index is 701. The smallest absolute Gasteiger partial charge is 0.339 e. The van der Waals surface area contributed by atoms with Crippen molar-refractivity contribution in [1.82, 2.24) is 4.31 Å². The third-order valence-electron chi connectivity index (χ3n) is 3.62. The van der Waals surface area contributed by atoms with E-state index in [0.717, 1.165) is 19.3 Å².